The molecule has 0 unspecified atom stereocenters. The molecule has 8 nitrogen and oxygen atoms in total. The van der Waals surface area contributed by atoms with Gasteiger partial charge in [-0.25, -0.2) is 14.7 Å². The van der Waals surface area contributed by atoms with Crippen molar-refractivity contribution in [1.29, 1.82) is 0 Å². The van der Waals surface area contributed by atoms with Crippen LogP contribution in [0.3, 0.4) is 0 Å². The van der Waals surface area contributed by atoms with Crippen LogP contribution in [0.25, 0.3) is 11.0 Å². The van der Waals surface area contributed by atoms with Gasteiger partial charge in [-0.2, -0.15) is 0 Å². The predicted molar refractivity (Wildman–Crippen MR) is 113 cm³/mol. The van der Waals surface area contributed by atoms with E-state index in [0.29, 0.717) is 17.4 Å². The van der Waals surface area contributed by atoms with E-state index in [1.807, 2.05) is 36.4 Å². The Morgan fingerprint density at radius 1 is 1.13 bits per heavy atom. The van der Waals surface area contributed by atoms with Crippen molar-refractivity contribution in [3.05, 3.63) is 59.9 Å². The SMILES string of the molecule is CC(C)c1ccc(N2C(=O)N[C@@H](CC(=O)NCc3nc4ccccc4[nH]3)C2=O)cc1. The number of anilines is 1. The van der Waals surface area contributed by atoms with Crippen LogP contribution in [0.2, 0.25) is 0 Å². The Balaban J connectivity index is 1.36. The Hall–Kier alpha value is -3.68. The Morgan fingerprint density at radius 3 is 2.57 bits per heavy atom. The van der Waals surface area contributed by atoms with Crippen LogP contribution in [-0.2, 0) is 16.1 Å². The van der Waals surface area contributed by atoms with Crippen molar-refractivity contribution < 1.29 is 14.4 Å². The molecule has 30 heavy (non-hydrogen) atoms. The molecule has 0 saturated carbocycles. The van der Waals surface area contributed by atoms with Crippen LogP contribution in [0.1, 0.15) is 37.6 Å². The van der Waals surface area contributed by atoms with Crippen molar-refractivity contribution in [2.45, 2.75) is 38.8 Å². The molecule has 4 amide bonds. The molecule has 2 aromatic carbocycles. The average Bonchev–Trinajstić information content (AvgIpc) is 3.26. The van der Waals surface area contributed by atoms with Gasteiger partial charge in [-0.05, 0) is 35.7 Å². The maximum absolute atomic E-state index is 12.7. The molecule has 8 heteroatoms. The average molecular weight is 405 g/mol. The van der Waals surface area contributed by atoms with Crippen LogP contribution >= 0.6 is 0 Å². The van der Waals surface area contributed by atoms with Crippen LogP contribution < -0.4 is 15.5 Å². The fourth-order valence-corrected chi connectivity index (χ4v) is 3.45. The topological polar surface area (TPSA) is 107 Å². The number of hydrogen-bond acceptors (Lipinski definition) is 4. The van der Waals surface area contributed by atoms with Gasteiger partial charge in [-0.3, -0.25) is 9.59 Å². The second-order valence-corrected chi connectivity index (χ2v) is 7.60. The quantitative estimate of drug-likeness (QED) is 0.548. The molecular formula is C22H23N5O3. The van der Waals surface area contributed by atoms with Gasteiger partial charge in [0, 0.05) is 0 Å². The molecule has 4 rings (SSSR count). The van der Waals surface area contributed by atoms with Crippen molar-refractivity contribution in [1.82, 2.24) is 20.6 Å². The zero-order valence-corrected chi connectivity index (χ0v) is 16.8. The van der Waals surface area contributed by atoms with Gasteiger partial charge in [0.05, 0.1) is 29.7 Å². The van der Waals surface area contributed by atoms with Gasteiger partial charge >= 0.3 is 6.03 Å². The van der Waals surface area contributed by atoms with Crippen LogP contribution in [0.15, 0.2) is 48.5 Å². The highest BCUT2D eigenvalue weighted by Gasteiger charge is 2.40. The van der Waals surface area contributed by atoms with Gasteiger partial charge in [0.25, 0.3) is 5.91 Å². The first kappa shape index (κ1) is 19.6. The standard InChI is InChI=1S/C22H23N5O3/c1-13(2)14-7-9-15(10-8-14)27-21(29)18(26-22(27)30)11-20(28)23-12-19-24-16-5-3-4-6-17(16)25-19/h3-10,13,18H,11-12H2,1-2H3,(H,23,28)(H,24,25)(H,26,30)/t18-/m0/s1. The molecule has 1 atom stereocenters. The number of imide groups is 1. The lowest BCUT2D eigenvalue weighted by atomic mass is 10.0. The maximum Gasteiger partial charge on any atom is 0.329 e. The normalized spacial score (nSPS) is 16.4. The molecule has 0 aliphatic carbocycles. The van der Waals surface area contributed by atoms with Crippen LogP contribution in [0, 0.1) is 0 Å². The third-order valence-corrected chi connectivity index (χ3v) is 5.12. The largest absolute Gasteiger partial charge is 0.349 e. The zero-order chi connectivity index (χ0) is 21.3. The van der Waals surface area contributed by atoms with E-state index in [1.54, 1.807) is 12.1 Å². The zero-order valence-electron chi connectivity index (χ0n) is 16.8. The smallest absolute Gasteiger partial charge is 0.329 e. The summed E-state index contributed by atoms with van der Waals surface area (Å²) < 4.78 is 0. The maximum atomic E-state index is 12.7. The summed E-state index contributed by atoms with van der Waals surface area (Å²) in [5, 5.41) is 5.34. The third kappa shape index (κ3) is 3.89. The summed E-state index contributed by atoms with van der Waals surface area (Å²) in [6.07, 6.45) is -0.134. The highest BCUT2D eigenvalue weighted by atomic mass is 16.2. The lowest BCUT2D eigenvalue weighted by Gasteiger charge is -2.14. The summed E-state index contributed by atoms with van der Waals surface area (Å²) in [5.41, 5.74) is 3.32. The first-order valence-electron chi connectivity index (χ1n) is 9.87. The first-order valence-corrected chi connectivity index (χ1v) is 9.87. The molecule has 1 aliphatic heterocycles. The lowest BCUT2D eigenvalue weighted by Crippen LogP contribution is -2.36. The van der Waals surface area contributed by atoms with Crippen LogP contribution in [-0.4, -0.2) is 33.9 Å². The number of rotatable bonds is 6. The summed E-state index contributed by atoms with van der Waals surface area (Å²) in [7, 11) is 0. The molecule has 2 heterocycles. The molecular weight excluding hydrogens is 382 g/mol. The fraction of sp³-hybridized carbons (Fsp3) is 0.273. The third-order valence-electron chi connectivity index (χ3n) is 5.12. The minimum absolute atomic E-state index is 0.134. The number of nitrogens with one attached hydrogen (secondary N) is 3. The number of carbonyl (C=O) groups is 3. The number of amides is 4. The summed E-state index contributed by atoms with van der Waals surface area (Å²) in [4.78, 5) is 46.0. The number of aromatic nitrogens is 2. The predicted octanol–water partition coefficient (Wildman–Crippen LogP) is 2.82. The molecule has 154 valence electrons. The minimum Gasteiger partial charge on any atom is -0.349 e. The molecule has 1 aromatic heterocycles. The van der Waals surface area contributed by atoms with E-state index in [9.17, 15) is 14.4 Å². The highest BCUT2D eigenvalue weighted by Crippen LogP contribution is 2.23. The lowest BCUT2D eigenvalue weighted by molar-refractivity contribution is -0.125. The van der Waals surface area contributed by atoms with Gasteiger partial charge in [0.15, 0.2) is 0 Å². The van der Waals surface area contributed by atoms with E-state index in [-0.39, 0.29) is 18.9 Å². The Kier molecular flexibility index (Phi) is 5.22. The van der Waals surface area contributed by atoms with Gasteiger partial charge in [0.2, 0.25) is 5.91 Å². The van der Waals surface area contributed by atoms with E-state index in [4.69, 9.17) is 0 Å². The number of H-pyrrole nitrogens is 1. The number of para-hydroxylation sites is 2. The van der Waals surface area contributed by atoms with Crippen molar-refractivity contribution >= 4 is 34.6 Å². The monoisotopic (exact) mass is 405 g/mol. The highest BCUT2D eigenvalue weighted by molar-refractivity contribution is 6.22. The number of fused-ring (bicyclic) bond motifs is 1. The Bertz CT molecular complexity index is 1070. The molecule has 1 saturated heterocycles. The summed E-state index contributed by atoms with van der Waals surface area (Å²) in [5.74, 6) is 0.200. The molecule has 1 fully saturated rings. The van der Waals surface area contributed by atoms with Crippen molar-refractivity contribution in [2.75, 3.05) is 4.90 Å². The van der Waals surface area contributed by atoms with E-state index in [0.717, 1.165) is 21.5 Å². The number of imidazole rings is 1. The number of hydrogen-bond donors (Lipinski definition) is 3. The molecule has 3 aromatic rings. The Labute approximate surface area is 173 Å². The second-order valence-electron chi connectivity index (χ2n) is 7.60. The summed E-state index contributed by atoms with van der Waals surface area (Å²) in [6, 6.07) is 13.5. The molecule has 0 spiro atoms. The van der Waals surface area contributed by atoms with Crippen molar-refractivity contribution in [3.8, 4) is 0 Å². The molecule has 0 radical (unpaired) electrons. The molecule has 0 bridgehead atoms. The van der Waals surface area contributed by atoms with E-state index < -0.39 is 18.0 Å². The number of nitrogens with zero attached hydrogens (tertiary/aromatic N) is 2. The first-order chi connectivity index (χ1) is 14.4. The molecule has 3 N–H and O–H groups in total. The molecule has 1 aliphatic rings. The number of urea groups is 1. The minimum atomic E-state index is -0.891. The van der Waals surface area contributed by atoms with Gasteiger partial charge in [-0.1, -0.05) is 38.1 Å². The van der Waals surface area contributed by atoms with Crippen molar-refractivity contribution in [3.63, 3.8) is 0 Å². The van der Waals surface area contributed by atoms with Crippen LogP contribution in [0.5, 0.6) is 0 Å². The van der Waals surface area contributed by atoms with Crippen molar-refractivity contribution in [2.24, 2.45) is 0 Å². The van der Waals surface area contributed by atoms with Crippen LogP contribution in [0.4, 0.5) is 10.5 Å². The van der Waals surface area contributed by atoms with Gasteiger partial charge in [0.1, 0.15) is 11.9 Å². The van der Waals surface area contributed by atoms with Gasteiger partial charge in [-0.15, -0.1) is 0 Å². The fourth-order valence-electron chi connectivity index (χ4n) is 3.45. The second kappa shape index (κ2) is 7.98. The number of benzene rings is 2. The van der Waals surface area contributed by atoms with E-state index in [2.05, 4.69) is 34.4 Å². The van der Waals surface area contributed by atoms with E-state index >= 15 is 0 Å². The van der Waals surface area contributed by atoms with Gasteiger partial charge < -0.3 is 15.6 Å². The summed E-state index contributed by atoms with van der Waals surface area (Å²) >= 11 is 0. The van der Waals surface area contributed by atoms with E-state index in [1.165, 1.54) is 0 Å². The summed E-state index contributed by atoms with van der Waals surface area (Å²) in [6.45, 7) is 4.36. The number of carbonyl (C=O) groups excluding carboxylic acids is 3. The Morgan fingerprint density at radius 2 is 1.87 bits per heavy atom. The number of aromatic amines is 1.